The van der Waals surface area contributed by atoms with Crippen LogP contribution in [0.2, 0.25) is 0 Å². The highest BCUT2D eigenvalue weighted by Gasteiger charge is 2.21. The molecule has 0 bridgehead atoms. The van der Waals surface area contributed by atoms with Crippen molar-refractivity contribution < 1.29 is 23.9 Å². The number of amides is 1. The minimum atomic E-state index is -0.649. The second-order valence-corrected chi connectivity index (χ2v) is 9.28. The van der Waals surface area contributed by atoms with Crippen molar-refractivity contribution in [3.05, 3.63) is 95.2 Å². The first kappa shape index (κ1) is 31.3. The summed E-state index contributed by atoms with van der Waals surface area (Å²) in [7, 11) is 0. The molecule has 0 radical (unpaired) electrons. The number of benzene rings is 3. The number of carbonyl (C=O) groups excluding carboxylic acids is 3. The predicted octanol–water partition coefficient (Wildman–Crippen LogP) is 6.15. The average Bonchev–Trinajstić information content (AvgIpc) is 3.27. The number of aryl methyl sites for hydroxylation is 2. The van der Waals surface area contributed by atoms with E-state index < -0.39 is 12.1 Å². The highest BCUT2D eigenvalue weighted by atomic mass is 127. The molecule has 0 spiro atoms. The molecule has 0 saturated heterocycles. The van der Waals surface area contributed by atoms with E-state index >= 15 is 0 Å². The first-order chi connectivity index (χ1) is 19.3. The quantitative estimate of drug-likeness (QED) is 0.0576. The maximum atomic E-state index is 13.3. The van der Waals surface area contributed by atoms with Gasteiger partial charge < -0.3 is 20.2 Å². The van der Waals surface area contributed by atoms with Crippen LogP contribution in [0.5, 0.6) is 5.75 Å². The van der Waals surface area contributed by atoms with Crippen molar-refractivity contribution in [2.24, 2.45) is 5.73 Å². The number of nitrogens with two attached hydrogens (primary N) is 1. The van der Waals surface area contributed by atoms with Crippen LogP contribution in [0.1, 0.15) is 46.9 Å². The summed E-state index contributed by atoms with van der Waals surface area (Å²) < 4.78 is 10.7. The second-order valence-electron chi connectivity index (χ2n) is 9.28. The molecule has 1 aromatic heterocycles. The number of hydrogen-bond donors (Lipinski definition) is 3. The number of para-hydroxylation sites is 1. The molecule has 0 saturated carbocycles. The van der Waals surface area contributed by atoms with Crippen molar-refractivity contribution in [2.45, 2.75) is 33.1 Å². The Morgan fingerprint density at radius 3 is 2.34 bits per heavy atom. The van der Waals surface area contributed by atoms with Crippen molar-refractivity contribution in [1.29, 1.82) is 5.41 Å². The summed E-state index contributed by atoms with van der Waals surface area (Å²) in [5.41, 5.74) is 9.75. The molecule has 9 nitrogen and oxygen atoms in total. The number of anilines is 1. The number of nitrogens with one attached hydrogen (secondary N) is 2. The number of Topliss-reactive ketones (excluding diaryl/α,β-unsaturated/α-hetero) is 1. The van der Waals surface area contributed by atoms with Gasteiger partial charge in [0.05, 0.1) is 13.0 Å². The zero-order chi connectivity index (χ0) is 28.6. The fourth-order valence-corrected chi connectivity index (χ4v) is 4.49. The maximum Gasteiger partial charge on any atom is 0.419 e. The zero-order valence-corrected chi connectivity index (χ0v) is 25.3. The fraction of sp³-hybridized carbons (Fsp3) is 0.226. The lowest BCUT2D eigenvalue weighted by Gasteiger charge is -2.21. The van der Waals surface area contributed by atoms with E-state index in [9.17, 15) is 14.4 Å². The number of fused-ring (bicyclic) bond motifs is 1. The van der Waals surface area contributed by atoms with Crippen LogP contribution < -0.4 is 15.4 Å². The normalized spacial score (nSPS) is 10.5. The van der Waals surface area contributed by atoms with Gasteiger partial charge in [0.2, 0.25) is 0 Å². The van der Waals surface area contributed by atoms with E-state index in [0.29, 0.717) is 28.6 Å². The molecule has 0 aliphatic carbocycles. The highest BCUT2D eigenvalue weighted by molar-refractivity contribution is 14.0. The number of nitrogens with zero attached hydrogens (tertiary/aromatic N) is 1. The smallest absolute Gasteiger partial charge is 0.419 e. The van der Waals surface area contributed by atoms with E-state index in [0.717, 1.165) is 16.8 Å². The van der Waals surface area contributed by atoms with Crippen LogP contribution in [0.15, 0.2) is 72.8 Å². The monoisotopic (exact) mass is 668 g/mol. The number of amidine groups is 1. The Bertz CT molecular complexity index is 1530. The third-order valence-electron chi connectivity index (χ3n) is 6.48. The lowest BCUT2D eigenvalue weighted by molar-refractivity contribution is -0.142. The first-order valence-corrected chi connectivity index (χ1v) is 13.1. The number of aromatic nitrogens is 1. The van der Waals surface area contributed by atoms with E-state index in [-0.39, 0.29) is 67.3 Å². The van der Waals surface area contributed by atoms with Gasteiger partial charge in [-0.15, -0.1) is 24.0 Å². The molecule has 4 rings (SSSR count). The van der Waals surface area contributed by atoms with E-state index in [1.165, 1.54) is 4.90 Å². The Labute approximate surface area is 255 Å². The number of ether oxygens (including phenoxy) is 2. The number of hydrogen-bond acceptors (Lipinski definition) is 6. The Morgan fingerprint density at radius 1 is 0.976 bits per heavy atom. The van der Waals surface area contributed by atoms with Crippen molar-refractivity contribution >= 4 is 64.2 Å². The van der Waals surface area contributed by atoms with Gasteiger partial charge in [0.15, 0.2) is 5.78 Å². The van der Waals surface area contributed by atoms with Gasteiger partial charge in [-0.3, -0.25) is 19.9 Å². The van der Waals surface area contributed by atoms with Gasteiger partial charge in [0, 0.05) is 46.4 Å². The summed E-state index contributed by atoms with van der Waals surface area (Å²) in [6.45, 7) is 3.92. The molecule has 1 heterocycles. The summed E-state index contributed by atoms with van der Waals surface area (Å²) in [5, 5.41) is 8.18. The minimum Gasteiger partial charge on any atom is -0.466 e. The zero-order valence-electron chi connectivity index (χ0n) is 22.9. The fourth-order valence-electron chi connectivity index (χ4n) is 4.49. The van der Waals surface area contributed by atoms with E-state index in [2.05, 4.69) is 4.98 Å². The van der Waals surface area contributed by atoms with E-state index in [1.807, 2.05) is 25.1 Å². The number of nitrogen functional groups attached to an aromatic ring is 1. The standard InChI is InChI=1S/C31H32N4O5.HI/c1-3-39-28(37)17-18-35(23-7-5-4-6-8-23)31(38)40-24-14-15-26-25(19-24)29(20(2)34-26)27(36)16-11-21-9-12-22(13-10-21)30(32)33;/h4-10,12-15,19,34H,3,11,16-18H2,1-2H3,(H3,32,33);1H. The molecule has 10 heteroatoms. The van der Waals surface area contributed by atoms with Crippen molar-refractivity contribution in [2.75, 3.05) is 18.1 Å². The summed E-state index contributed by atoms with van der Waals surface area (Å²) >= 11 is 0. The maximum absolute atomic E-state index is 13.3. The molecule has 0 aliphatic rings. The molecule has 1 amide bonds. The number of carbonyl (C=O) groups is 3. The largest absolute Gasteiger partial charge is 0.466 e. The molecule has 0 aliphatic heterocycles. The molecule has 0 unspecified atom stereocenters. The van der Waals surface area contributed by atoms with Crippen molar-refractivity contribution in [3.63, 3.8) is 0 Å². The van der Waals surface area contributed by atoms with Gasteiger partial charge in [-0.1, -0.05) is 42.5 Å². The van der Waals surface area contributed by atoms with Crippen molar-refractivity contribution in [3.8, 4) is 5.75 Å². The lowest BCUT2D eigenvalue weighted by Crippen LogP contribution is -2.35. The van der Waals surface area contributed by atoms with Gasteiger partial charge in [-0.05, 0) is 56.2 Å². The Morgan fingerprint density at radius 2 is 1.68 bits per heavy atom. The topological polar surface area (TPSA) is 139 Å². The summed E-state index contributed by atoms with van der Waals surface area (Å²) in [6.07, 6.45) is 0.185. The summed E-state index contributed by atoms with van der Waals surface area (Å²) in [4.78, 5) is 43.1. The molecule has 0 atom stereocenters. The van der Waals surface area contributed by atoms with Gasteiger partial charge in [0.25, 0.3) is 0 Å². The average molecular weight is 669 g/mol. The van der Waals surface area contributed by atoms with Crippen LogP contribution in [0.25, 0.3) is 10.9 Å². The van der Waals surface area contributed by atoms with Crippen LogP contribution in [0.3, 0.4) is 0 Å². The number of aromatic amines is 1. The summed E-state index contributed by atoms with van der Waals surface area (Å²) in [6, 6.07) is 21.3. The molecule has 4 aromatic rings. The van der Waals surface area contributed by atoms with E-state index in [1.54, 1.807) is 61.5 Å². The van der Waals surface area contributed by atoms with Gasteiger partial charge in [-0.25, -0.2) is 4.79 Å². The highest BCUT2D eigenvalue weighted by Crippen LogP contribution is 2.29. The first-order valence-electron chi connectivity index (χ1n) is 13.1. The van der Waals surface area contributed by atoms with Gasteiger partial charge in [0.1, 0.15) is 11.6 Å². The van der Waals surface area contributed by atoms with Crippen LogP contribution in [0.4, 0.5) is 10.5 Å². The third kappa shape index (κ3) is 7.94. The van der Waals surface area contributed by atoms with Crippen molar-refractivity contribution in [1.82, 2.24) is 4.98 Å². The van der Waals surface area contributed by atoms with E-state index in [4.69, 9.17) is 20.6 Å². The van der Waals surface area contributed by atoms with Crippen LogP contribution in [0, 0.1) is 12.3 Å². The Hall–Kier alpha value is -4.19. The number of rotatable bonds is 11. The lowest BCUT2D eigenvalue weighted by atomic mass is 9.99. The van der Waals surface area contributed by atoms with Crippen LogP contribution in [-0.4, -0.2) is 41.8 Å². The summed E-state index contributed by atoms with van der Waals surface area (Å²) in [5.74, 6) is -0.163. The molecule has 4 N–H and O–H groups in total. The second kappa shape index (κ2) is 14.4. The third-order valence-corrected chi connectivity index (χ3v) is 6.48. The van der Waals surface area contributed by atoms with Crippen LogP contribution in [-0.2, 0) is 16.0 Å². The van der Waals surface area contributed by atoms with Crippen LogP contribution >= 0.6 is 24.0 Å². The Balaban J connectivity index is 0.00000462. The number of ketones is 1. The molecular formula is C31H33IN4O5. The predicted molar refractivity (Wildman–Crippen MR) is 170 cm³/mol. The molecular weight excluding hydrogens is 635 g/mol. The molecule has 41 heavy (non-hydrogen) atoms. The number of halogens is 1. The van der Waals surface area contributed by atoms with Gasteiger partial charge >= 0.3 is 12.1 Å². The SMILES string of the molecule is CCOC(=O)CCN(C(=O)Oc1ccc2[nH]c(C)c(C(=O)CCc3ccc(C(=N)N)cc3)c2c1)c1ccccc1.I. The Kier molecular flexibility index (Phi) is 11.0. The molecule has 214 valence electrons. The minimum absolute atomic E-state index is 0. The molecule has 0 fully saturated rings. The van der Waals surface area contributed by atoms with Gasteiger partial charge in [-0.2, -0.15) is 0 Å². The number of esters is 1. The molecule has 3 aromatic carbocycles. The number of H-pyrrole nitrogens is 1.